The maximum atomic E-state index is 13.0. The fourth-order valence-corrected chi connectivity index (χ4v) is 2.53. The van der Waals surface area contributed by atoms with Crippen LogP contribution in [0.4, 0.5) is 5.69 Å². The van der Waals surface area contributed by atoms with Crippen LogP contribution in [-0.4, -0.2) is 25.7 Å². The van der Waals surface area contributed by atoms with Crippen molar-refractivity contribution >= 4 is 11.6 Å². The summed E-state index contributed by atoms with van der Waals surface area (Å²) >= 11 is 0. The van der Waals surface area contributed by atoms with E-state index in [1.807, 2.05) is 44.2 Å². The molecule has 0 fully saturated rings. The van der Waals surface area contributed by atoms with Gasteiger partial charge in [0.25, 0.3) is 5.91 Å². The maximum Gasteiger partial charge on any atom is 0.276 e. The minimum absolute atomic E-state index is 0.0956. The number of benzene rings is 1. The molecule has 3 rings (SSSR count). The third-order valence-electron chi connectivity index (χ3n) is 3.78. The number of carbonyl (C=O) groups is 1. The molecule has 2 heterocycles. The number of carbonyl (C=O) groups excluding carboxylic acids is 1. The SMILES string of the molecule is Cc1cc(C(=O)N(Cc2nc[nH]c2C)c2ccccc2)n(C)n1. The highest BCUT2D eigenvalue weighted by molar-refractivity contribution is 6.04. The fourth-order valence-electron chi connectivity index (χ4n) is 2.53. The highest BCUT2D eigenvalue weighted by atomic mass is 16.2. The number of H-pyrrole nitrogens is 1. The van der Waals surface area contributed by atoms with Crippen LogP contribution in [0.25, 0.3) is 0 Å². The van der Waals surface area contributed by atoms with E-state index in [4.69, 9.17) is 0 Å². The topological polar surface area (TPSA) is 66.8 Å². The van der Waals surface area contributed by atoms with Gasteiger partial charge in [-0.2, -0.15) is 5.10 Å². The molecule has 0 spiro atoms. The van der Waals surface area contributed by atoms with Gasteiger partial charge in [-0.25, -0.2) is 4.98 Å². The molecule has 1 N–H and O–H groups in total. The molecule has 118 valence electrons. The van der Waals surface area contributed by atoms with Crippen LogP contribution in [0.1, 0.15) is 27.6 Å². The van der Waals surface area contributed by atoms with Crippen LogP contribution in [0, 0.1) is 13.8 Å². The number of hydrogen-bond donors (Lipinski definition) is 1. The summed E-state index contributed by atoms with van der Waals surface area (Å²) in [7, 11) is 1.78. The summed E-state index contributed by atoms with van der Waals surface area (Å²) in [5.74, 6) is -0.0956. The van der Waals surface area contributed by atoms with Gasteiger partial charge in [0, 0.05) is 18.4 Å². The number of aromatic nitrogens is 4. The lowest BCUT2D eigenvalue weighted by Crippen LogP contribution is -2.32. The van der Waals surface area contributed by atoms with Gasteiger partial charge in [0.15, 0.2) is 0 Å². The van der Waals surface area contributed by atoms with Crippen LogP contribution < -0.4 is 4.90 Å². The Balaban J connectivity index is 2.00. The zero-order valence-electron chi connectivity index (χ0n) is 13.4. The second-order valence-corrected chi connectivity index (χ2v) is 5.50. The van der Waals surface area contributed by atoms with Crippen molar-refractivity contribution in [1.82, 2.24) is 19.7 Å². The predicted molar refractivity (Wildman–Crippen MR) is 88.2 cm³/mol. The Morgan fingerprint density at radius 3 is 2.57 bits per heavy atom. The van der Waals surface area contributed by atoms with Gasteiger partial charge >= 0.3 is 0 Å². The molecule has 0 bridgehead atoms. The van der Waals surface area contributed by atoms with E-state index in [1.54, 1.807) is 29.0 Å². The number of hydrogen-bond acceptors (Lipinski definition) is 3. The minimum Gasteiger partial charge on any atom is -0.348 e. The highest BCUT2D eigenvalue weighted by Gasteiger charge is 2.22. The van der Waals surface area contributed by atoms with Crippen LogP contribution in [0.2, 0.25) is 0 Å². The Labute approximate surface area is 134 Å². The van der Waals surface area contributed by atoms with Gasteiger partial charge in [-0.1, -0.05) is 18.2 Å². The summed E-state index contributed by atoms with van der Waals surface area (Å²) < 4.78 is 1.62. The molecule has 0 aliphatic rings. The largest absolute Gasteiger partial charge is 0.348 e. The molecule has 0 aliphatic carbocycles. The lowest BCUT2D eigenvalue weighted by molar-refractivity contribution is 0.0976. The normalized spacial score (nSPS) is 10.7. The zero-order valence-corrected chi connectivity index (χ0v) is 13.4. The smallest absolute Gasteiger partial charge is 0.276 e. The first-order chi connectivity index (χ1) is 11.1. The predicted octanol–water partition coefficient (Wildman–Crippen LogP) is 2.61. The first kappa shape index (κ1) is 15.0. The molecular formula is C17H19N5O. The van der Waals surface area contributed by atoms with Gasteiger partial charge in [-0.05, 0) is 32.0 Å². The molecule has 6 nitrogen and oxygen atoms in total. The Hall–Kier alpha value is -2.89. The van der Waals surface area contributed by atoms with E-state index in [0.29, 0.717) is 12.2 Å². The molecule has 23 heavy (non-hydrogen) atoms. The van der Waals surface area contributed by atoms with Crippen molar-refractivity contribution in [2.24, 2.45) is 7.05 Å². The van der Waals surface area contributed by atoms with Crippen LogP contribution in [0.15, 0.2) is 42.7 Å². The van der Waals surface area contributed by atoms with Crippen molar-refractivity contribution in [1.29, 1.82) is 0 Å². The molecule has 0 unspecified atom stereocenters. The Kier molecular flexibility index (Phi) is 3.97. The summed E-state index contributed by atoms with van der Waals surface area (Å²) in [5, 5.41) is 4.27. The quantitative estimate of drug-likeness (QED) is 0.805. The first-order valence-electron chi connectivity index (χ1n) is 7.42. The molecule has 0 aliphatic heterocycles. The van der Waals surface area contributed by atoms with Gasteiger partial charge in [-0.15, -0.1) is 0 Å². The summed E-state index contributed by atoms with van der Waals surface area (Å²) in [6.45, 7) is 4.23. The van der Waals surface area contributed by atoms with Crippen molar-refractivity contribution in [3.05, 3.63) is 65.5 Å². The van der Waals surface area contributed by atoms with Crippen molar-refractivity contribution in [3.63, 3.8) is 0 Å². The van der Waals surface area contributed by atoms with Crippen molar-refractivity contribution in [3.8, 4) is 0 Å². The van der Waals surface area contributed by atoms with Crippen molar-refractivity contribution < 1.29 is 4.79 Å². The molecular weight excluding hydrogens is 290 g/mol. The van der Waals surface area contributed by atoms with Crippen LogP contribution in [0.5, 0.6) is 0 Å². The lowest BCUT2D eigenvalue weighted by atomic mass is 10.2. The highest BCUT2D eigenvalue weighted by Crippen LogP contribution is 2.20. The van der Waals surface area contributed by atoms with Gasteiger partial charge in [-0.3, -0.25) is 9.48 Å². The average Bonchev–Trinajstić information content (AvgIpc) is 3.10. The Morgan fingerprint density at radius 1 is 1.26 bits per heavy atom. The average molecular weight is 309 g/mol. The van der Waals surface area contributed by atoms with Gasteiger partial charge in [0.05, 0.1) is 24.3 Å². The number of anilines is 1. The molecule has 1 aromatic carbocycles. The van der Waals surface area contributed by atoms with Gasteiger partial charge < -0.3 is 9.88 Å². The number of imidazole rings is 1. The molecule has 0 saturated carbocycles. The van der Waals surface area contributed by atoms with E-state index in [0.717, 1.165) is 22.8 Å². The Bertz CT molecular complexity index is 819. The number of amides is 1. The molecule has 3 aromatic rings. The van der Waals surface area contributed by atoms with E-state index < -0.39 is 0 Å². The molecule has 1 amide bonds. The second kappa shape index (κ2) is 6.08. The first-order valence-corrected chi connectivity index (χ1v) is 7.42. The third-order valence-corrected chi connectivity index (χ3v) is 3.78. The molecule has 0 atom stereocenters. The molecule has 2 aromatic heterocycles. The van der Waals surface area contributed by atoms with Gasteiger partial charge in [0.2, 0.25) is 0 Å². The molecule has 0 saturated heterocycles. The van der Waals surface area contributed by atoms with Crippen LogP contribution >= 0.6 is 0 Å². The Morgan fingerprint density at radius 2 is 2.00 bits per heavy atom. The maximum absolute atomic E-state index is 13.0. The van der Waals surface area contributed by atoms with Gasteiger partial charge in [0.1, 0.15) is 5.69 Å². The number of aryl methyl sites for hydroxylation is 3. The van der Waals surface area contributed by atoms with Crippen LogP contribution in [0.3, 0.4) is 0 Å². The summed E-state index contributed by atoms with van der Waals surface area (Å²) in [4.78, 5) is 22.1. The zero-order chi connectivity index (χ0) is 16.4. The number of para-hydroxylation sites is 1. The number of nitrogens with one attached hydrogen (secondary N) is 1. The number of nitrogens with zero attached hydrogens (tertiary/aromatic N) is 4. The lowest BCUT2D eigenvalue weighted by Gasteiger charge is -2.22. The number of aromatic amines is 1. The second-order valence-electron chi connectivity index (χ2n) is 5.50. The van der Waals surface area contributed by atoms with Crippen molar-refractivity contribution in [2.45, 2.75) is 20.4 Å². The monoisotopic (exact) mass is 309 g/mol. The summed E-state index contributed by atoms with van der Waals surface area (Å²) in [6, 6.07) is 11.4. The van der Waals surface area contributed by atoms with Crippen molar-refractivity contribution in [2.75, 3.05) is 4.90 Å². The van der Waals surface area contributed by atoms with E-state index in [1.165, 1.54) is 0 Å². The third kappa shape index (κ3) is 3.01. The fraction of sp³-hybridized carbons (Fsp3) is 0.235. The standard InChI is InChI=1S/C17H19N5O/c1-12-9-16(21(3)20-12)17(23)22(14-7-5-4-6-8-14)10-15-13(2)18-11-19-15/h4-9,11H,10H2,1-3H3,(H,18,19). The summed E-state index contributed by atoms with van der Waals surface area (Å²) in [6.07, 6.45) is 1.65. The number of rotatable bonds is 4. The van der Waals surface area contributed by atoms with E-state index in [-0.39, 0.29) is 5.91 Å². The summed E-state index contributed by atoms with van der Waals surface area (Å²) in [5.41, 5.74) is 4.01. The van der Waals surface area contributed by atoms with E-state index in [2.05, 4.69) is 15.1 Å². The molecule has 6 heteroatoms. The van der Waals surface area contributed by atoms with E-state index >= 15 is 0 Å². The van der Waals surface area contributed by atoms with Crippen LogP contribution in [-0.2, 0) is 13.6 Å². The van der Waals surface area contributed by atoms with E-state index in [9.17, 15) is 4.79 Å². The molecule has 0 radical (unpaired) electrons. The minimum atomic E-state index is -0.0956.